The van der Waals surface area contributed by atoms with Crippen LogP contribution in [0.15, 0.2) is 0 Å². The van der Waals surface area contributed by atoms with Crippen molar-refractivity contribution in [2.45, 2.75) is 57.7 Å². The largest absolute Gasteiger partial charge is 0.481 e. The molecule has 0 aliphatic carbocycles. The fraction of sp³-hybridized carbons (Fsp3) is 0.867. The van der Waals surface area contributed by atoms with Crippen molar-refractivity contribution in [2.75, 3.05) is 20.1 Å². The quantitative estimate of drug-likeness (QED) is 0.822. The summed E-state index contributed by atoms with van der Waals surface area (Å²) in [4.78, 5) is 27.6. The van der Waals surface area contributed by atoms with E-state index in [0.29, 0.717) is 12.1 Å². The van der Waals surface area contributed by atoms with E-state index in [1.165, 1.54) is 6.42 Å². The molecule has 2 aliphatic heterocycles. The number of fused-ring (bicyclic) bond motifs is 2. The fourth-order valence-corrected chi connectivity index (χ4v) is 3.38. The Kier molecular flexibility index (Phi) is 5.08. The van der Waals surface area contributed by atoms with Gasteiger partial charge in [0.15, 0.2) is 0 Å². The normalized spacial score (nSPS) is 27.5. The molecule has 2 fully saturated rings. The number of hydrogen-bond acceptors (Lipinski definition) is 3. The number of rotatable bonds is 4. The molecule has 2 bridgehead atoms. The number of urea groups is 1. The number of carboxylic acid groups (broad SMARTS) is 1. The number of hydrogen-bond donors (Lipinski definition) is 2. The van der Waals surface area contributed by atoms with Gasteiger partial charge in [0, 0.05) is 31.2 Å². The van der Waals surface area contributed by atoms with Crippen molar-refractivity contribution in [2.24, 2.45) is 5.92 Å². The Morgan fingerprint density at radius 2 is 1.90 bits per heavy atom. The molecule has 2 amide bonds. The summed E-state index contributed by atoms with van der Waals surface area (Å²) in [5, 5.41) is 11.9. The van der Waals surface area contributed by atoms with Gasteiger partial charge in [-0.25, -0.2) is 4.79 Å². The van der Waals surface area contributed by atoms with Gasteiger partial charge in [0.1, 0.15) is 0 Å². The van der Waals surface area contributed by atoms with Crippen molar-refractivity contribution >= 4 is 12.0 Å². The zero-order chi connectivity index (χ0) is 15.6. The molecule has 120 valence electrons. The highest BCUT2D eigenvalue weighted by Crippen LogP contribution is 2.28. The van der Waals surface area contributed by atoms with Gasteiger partial charge in [-0.15, -0.1) is 0 Å². The Morgan fingerprint density at radius 3 is 2.52 bits per heavy atom. The summed E-state index contributed by atoms with van der Waals surface area (Å²) in [6.45, 7) is 5.38. The Morgan fingerprint density at radius 1 is 1.24 bits per heavy atom. The first-order chi connectivity index (χ1) is 9.88. The molecule has 2 aliphatic rings. The van der Waals surface area contributed by atoms with Crippen LogP contribution in [-0.4, -0.2) is 65.2 Å². The molecule has 6 nitrogen and oxygen atoms in total. The summed E-state index contributed by atoms with van der Waals surface area (Å²) in [5.41, 5.74) is 0. The standard InChI is InChI=1S/C15H27N3O3/c1-10(2)13(8-14(19)20)16-15(21)18-7-6-11-4-5-12(9-18)17(11)3/h10-13H,4-9H2,1-3H3,(H,16,21)(H,19,20). The second-order valence-electron chi connectivity index (χ2n) is 6.68. The summed E-state index contributed by atoms with van der Waals surface area (Å²) < 4.78 is 0. The van der Waals surface area contributed by atoms with E-state index in [2.05, 4.69) is 17.3 Å². The smallest absolute Gasteiger partial charge is 0.317 e. The maximum Gasteiger partial charge on any atom is 0.317 e. The van der Waals surface area contributed by atoms with E-state index in [1.807, 2.05) is 18.7 Å². The van der Waals surface area contributed by atoms with Crippen LogP contribution in [-0.2, 0) is 4.79 Å². The van der Waals surface area contributed by atoms with E-state index >= 15 is 0 Å². The molecule has 0 radical (unpaired) electrons. The maximum atomic E-state index is 12.4. The molecule has 2 saturated heterocycles. The van der Waals surface area contributed by atoms with Crippen LogP contribution in [0.5, 0.6) is 0 Å². The summed E-state index contributed by atoms with van der Waals surface area (Å²) in [6.07, 6.45) is 3.35. The highest BCUT2D eigenvalue weighted by Gasteiger charge is 2.36. The average molecular weight is 297 g/mol. The summed E-state index contributed by atoms with van der Waals surface area (Å²) in [7, 11) is 2.14. The molecular weight excluding hydrogens is 270 g/mol. The van der Waals surface area contributed by atoms with Crippen LogP contribution in [0, 0.1) is 5.92 Å². The van der Waals surface area contributed by atoms with Crippen LogP contribution in [0.25, 0.3) is 0 Å². The van der Waals surface area contributed by atoms with E-state index in [1.54, 1.807) is 0 Å². The Labute approximate surface area is 126 Å². The van der Waals surface area contributed by atoms with Crippen LogP contribution in [0.1, 0.15) is 39.5 Å². The molecule has 2 rings (SSSR count). The van der Waals surface area contributed by atoms with Gasteiger partial charge in [-0.3, -0.25) is 9.69 Å². The first-order valence-corrected chi connectivity index (χ1v) is 7.87. The molecule has 0 aromatic heterocycles. The molecule has 21 heavy (non-hydrogen) atoms. The van der Waals surface area contributed by atoms with Gasteiger partial charge < -0.3 is 15.3 Å². The van der Waals surface area contributed by atoms with E-state index in [-0.39, 0.29) is 24.4 Å². The molecular formula is C15H27N3O3. The minimum Gasteiger partial charge on any atom is -0.481 e. The molecule has 0 aromatic rings. The van der Waals surface area contributed by atoms with Crippen LogP contribution in [0.4, 0.5) is 4.79 Å². The molecule has 3 atom stereocenters. The number of aliphatic carboxylic acids is 1. The van der Waals surface area contributed by atoms with Crippen LogP contribution >= 0.6 is 0 Å². The number of likely N-dealkylation sites (tertiary alicyclic amines) is 1. The fourth-order valence-electron chi connectivity index (χ4n) is 3.38. The minimum atomic E-state index is -0.872. The second-order valence-corrected chi connectivity index (χ2v) is 6.68. The first kappa shape index (κ1) is 16.1. The number of nitrogens with one attached hydrogen (secondary N) is 1. The predicted molar refractivity (Wildman–Crippen MR) is 80.2 cm³/mol. The third kappa shape index (κ3) is 3.87. The van der Waals surface area contributed by atoms with Gasteiger partial charge in [0.05, 0.1) is 6.42 Å². The Hall–Kier alpha value is -1.30. The summed E-state index contributed by atoms with van der Waals surface area (Å²) in [6, 6.07) is 0.608. The molecule has 0 spiro atoms. The predicted octanol–water partition coefficient (Wildman–Crippen LogP) is 1.36. The molecule has 2 heterocycles. The SMILES string of the molecule is CC(C)C(CC(=O)O)NC(=O)N1CCC2CCC(C1)N2C. The number of nitrogens with zero attached hydrogens (tertiary/aromatic N) is 2. The highest BCUT2D eigenvalue weighted by molar-refractivity contribution is 5.76. The molecule has 2 N–H and O–H groups in total. The number of carbonyl (C=O) groups excluding carboxylic acids is 1. The second kappa shape index (κ2) is 6.64. The summed E-state index contributed by atoms with van der Waals surface area (Å²) >= 11 is 0. The lowest BCUT2D eigenvalue weighted by molar-refractivity contribution is -0.137. The van der Waals surface area contributed by atoms with Crippen molar-refractivity contribution < 1.29 is 14.7 Å². The molecule has 3 unspecified atom stereocenters. The van der Waals surface area contributed by atoms with Crippen molar-refractivity contribution in [3.8, 4) is 0 Å². The van der Waals surface area contributed by atoms with Crippen molar-refractivity contribution in [3.05, 3.63) is 0 Å². The maximum absolute atomic E-state index is 12.4. The Bertz CT molecular complexity index is 400. The van der Waals surface area contributed by atoms with Crippen LogP contribution in [0.3, 0.4) is 0 Å². The average Bonchev–Trinajstić information content (AvgIpc) is 2.61. The number of likely N-dealkylation sites (N-methyl/N-ethyl adjacent to an activating group) is 1. The van der Waals surface area contributed by atoms with Gasteiger partial charge in [0.2, 0.25) is 0 Å². The zero-order valence-corrected chi connectivity index (χ0v) is 13.2. The van der Waals surface area contributed by atoms with Gasteiger partial charge >= 0.3 is 12.0 Å². The minimum absolute atomic E-state index is 0.0246. The zero-order valence-electron chi connectivity index (χ0n) is 13.2. The molecule has 6 heteroatoms. The Balaban J connectivity index is 1.94. The van der Waals surface area contributed by atoms with Gasteiger partial charge in [-0.05, 0) is 32.2 Å². The molecule has 0 saturated carbocycles. The van der Waals surface area contributed by atoms with Gasteiger partial charge in [-0.1, -0.05) is 13.8 Å². The van der Waals surface area contributed by atoms with Crippen LogP contribution in [0.2, 0.25) is 0 Å². The first-order valence-electron chi connectivity index (χ1n) is 7.87. The third-order valence-corrected chi connectivity index (χ3v) is 4.94. The lowest BCUT2D eigenvalue weighted by Crippen LogP contribution is -2.49. The van der Waals surface area contributed by atoms with Crippen molar-refractivity contribution in [1.82, 2.24) is 15.1 Å². The third-order valence-electron chi connectivity index (χ3n) is 4.94. The topological polar surface area (TPSA) is 72.9 Å². The van der Waals surface area contributed by atoms with E-state index < -0.39 is 5.97 Å². The van der Waals surface area contributed by atoms with Crippen LogP contribution < -0.4 is 5.32 Å². The van der Waals surface area contributed by atoms with E-state index in [9.17, 15) is 9.59 Å². The number of carbonyl (C=O) groups is 2. The molecule has 0 aromatic carbocycles. The van der Waals surface area contributed by atoms with Crippen molar-refractivity contribution in [3.63, 3.8) is 0 Å². The monoisotopic (exact) mass is 297 g/mol. The lowest BCUT2D eigenvalue weighted by atomic mass is 10.0. The number of amides is 2. The van der Waals surface area contributed by atoms with Gasteiger partial charge in [0.25, 0.3) is 0 Å². The summed E-state index contributed by atoms with van der Waals surface area (Å²) in [5.74, 6) is -0.764. The van der Waals surface area contributed by atoms with E-state index in [0.717, 1.165) is 25.9 Å². The van der Waals surface area contributed by atoms with Gasteiger partial charge in [-0.2, -0.15) is 0 Å². The lowest BCUT2D eigenvalue weighted by Gasteiger charge is -2.29. The highest BCUT2D eigenvalue weighted by atomic mass is 16.4. The van der Waals surface area contributed by atoms with E-state index in [4.69, 9.17) is 5.11 Å². The van der Waals surface area contributed by atoms with Crippen molar-refractivity contribution in [1.29, 1.82) is 0 Å². The number of carboxylic acids is 1.